The van der Waals surface area contributed by atoms with Crippen molar-refractivity contribution in [1.29, 1.82) is 0 Å². The third-order valence-electron chi connectivity index (χ3n) is 3.82. The Bertz CT molecular complexity index is 465. The predicted octanol–water partition coefficient (Wildman–Crippen LogP) is 3.94. The summed E-state index contributed by atoms with van der Waals surface area (Å²) in [5.41, 5.74) is 7.26. The van der Waals surface area contributed by atoms with Crippen molar-refractivity contribution in [3.05, 3.63) is 34.9 Å². The van der Waals surface area contributed by atoms with Crippen molar-refractivity contribution in [2.75, 3.05) is 19.6 Å². The quantitative estimate of drug-likeness (QED) is 0.346. The second-order valence-corrected chi connectivity index (χ2v) is 6.04. The van der Waals surface area contributed by atoms with E-state index in [-0.39, 0.29) is 24.0 Å². The maximum absolute atomic E-state index is 6.13. The maximum Gasteiger partial charge on any atom is 0.191 e. The van der Waals surface area contributed by atoms with Gasteiger partial charge in [-0.3, -0.25) is 4.99 Å². The van der Waals surface area contributed by atoms with Crippen LogP contribution in [0.5, 0.6) is 0 Å². The standard InChI is InChI=1S/C16H24ClN3.HI/c1-13-6-5-11-20(12-13)16(18)19-10-4-8-14-7-2-3-9-15(14)17;/h2-3,7,9,13H,4-6,8,10-12H2,1H3,(H2,18,19);1H. The Morgan fingerprint density at radius 3 is 2.90 bits per heavy atom. The van der Waals surface area contributed by atoms with Gasteiger partial charge in [-0.1, -0.05) is 36.7 Å². The maximum atomic E-state index is 6.13. The summed E-state index contributed by atoms with van der Waals surface area (Å²) in [6, 6.07) is 7.98. The van der Waals surface area contributed by atoms with Gasteiger partial charge in [0.2, 0.25) is 0 Å². The van der Waals surface area contributed by atoms with Crippen LogP contribution in [0.4, 0.5) is 0 Å². The van der Waals surface area contributed by atoms with E-state index in [4.69, 9.17) is 17.3 Å². The monoisotopic (exact) mass is 421 g/mol. The van der Waals surface area contributed by atoms with Crippen LogP contribution in [0.2, 0.25) is 5.02 Å². The highest BCUT2D eigenvalue weighted by atomic mass is 127. The number of likely N-dealkylation sites (tertiary alicyclic amines) is 1. The number of aryl methyl sites for hydroxylation is 1. The van der Waals surface area contributed by atoms with Crippen LogP contribution in [-0.2, 0) is 6.42 Å². The van der Waals surface area contributed by atoms with Gasteiger partial charge in [-0.05, 0) is 43.2 Å². The normalized spacial score (nSPS) is 19.2. The molecule has 1 unspecified atom stereocenters. The third kappa shape index (κ3) is 6.02. The Morgan fingerprint density at radius 2 is 2.19 bits per heavy atom. The van der Waals surface area contributed by atoms with E-state index in [9.17, 15) is 0 Å². The van der Waals surface area contributed by atoms with Crippen LogP contribution in [-0.4, -0.2) is 30.5 Å². The summed E-state index contributed by atoms with van der Waals surface area (Å²) < 4.78 is 0. The van der Waals surface area contributed by atoms with Crippen LogP contribution in [0.15, 0.2) is 29.3 Å². The zero-order valence-electron chi connectivity index (χ0n) is 12.6. The van der Waals surface area contributed by atoms with Gasteiger partial charge in [-0.15, -0.1) is 24.0 Å². The van der Waals surface area contributed by atoms with Crippen LogP contribution in [0.25, 0.3) is 0 Å². The Hall–Kier alpha value is -0.490. The number of hydrogen-bond acceptors (Lipinski definition) is 1. The molecule has 1 fully saturated rings. The van der Waals surface area contributed by atoms with Crippen LogP contribution >= 0.6 is 35.6 Å². The second kappa shape index (κ2) is 9.51. The fraction of sp³-hybridized carbons (Fsp3) is 0.562. The molecule has 0 amide bonds. The molecule has 0 spiro atoms. The fourth-order valence-corrected chi connectivity index (χ4v) is 2.89. The van der Waals surface area contributed by atoms with E-state index >= 15 is 0 Å². The molecule has 3 nitrogen and oxygen atoms in total. The highest BCUT2D eigenvalue weighted by Gasteiger charge is 2.17. The summed E-state index contributed by atoms with van der Waals surface area (Å²) in [6.07, 6.45) is 4.45. The molecule has 1 aliphatic rings. The van der Waals surface area contributed by atoms with Gasteiger partial charge in [-0.25, -0.2) is 0 Å². The number of hydrogen-bond donors (Lipinski definition) is 1. The van der Waals surface area contributed by atoms with Crippen molar-refractivity contribution in [2.45, 2.75) is 32.6 Å². The molecule has 1 atom stereocenters. The van der Waals surface area contributed by atoms with E-state index < -0.39 is 0 Å². The van der Waals surface area contributed by atoms with E-state index in [1.807, 2.05) is 18.2 Å². The molecule has 118 valence electrons. The molecule has 0 aromatic heterocycles. The number of aliphatic imine (C=N–C) groups is 1. The van der Waals surface area contributed by atoms with E-state index in [1.165, 1.54) is 18.4 Å². The lowest BCUT2D eigenvalue weighted by atomic mass is 10.0. The number of guanidine groups is 1. The number of halogens is 2. The molecule has 1 heterocycles. The predicted molar refractivity (Wildman–Crippen MR) is 102 cm³/mol. The molecule has 0 radical (unpaired) electrons. The molecular weight excluding hydrogens is 397 g/mol. The van der Waals surface area contributed by atoms with Gasteiger partial charge in [0.15, 0.2) is 5.96 Å². The Labute approximate surface area is 150 Å². The molecule has 0 bridgehead atoms. The molecule has 1 saturated heterocycles. The first-order valence-electron chi connectivity index (χ1n) is 7.45. The van der Waals surface area contributed by atoms with Crippen LogP contribution in [0.3, 0.4) is 0 Å². The molecule has 1 aliphatic heterocycles. The van der Waals surface area contributed by atoms with Crippen molar-refractivity contribution in [1.82, 2.24) is 4.90 Å². The molecule has 5 heteroatoms. The van der Waals surface area contributed by atoms with Gasteiger partial charge in [0, 0.05) is 24.7 Å². The van der Waals surface area contributed by atoms with E-state index in [0.29, 0.717) is 5.96 Å². The van der Waals surface area contributed by atoms with E-state index in [1.54, 1.807) is 0 Å². The van der Waals surface area contributed by atoms with Crippen LogP contribution in [0.1, 0.15) is 31.7 Å². The van der Waals surface area contributed by atoms with E-state index in [0.717, 1.165) is 43.4 Å². The summed E-state index contributed by atoms with van der Waals surface area (Å²) >= 11 is 6.13. The van der Waals surface area contributed by atoms with Crippen molar-refractivity contribution in [2.24, 2.45) is 16.6 Å². The SMILES string of the molecule is CC1CCCN(C(N)=NCCCc2ccccc2Cl)C1.I. The molecule has 2 rings (SSSR count). The molecule has 1 aromatic carbocycles. The average molecular weight is 422 g/mol. The highest BCUT2D eigenvalue weighted by molar-refractivity contribution is 14.0. The minimum Gasteiger partial charge on any atom is -0.370 e. The minimum absolute atomic E-state index is 0. The number of piperidine rings is 1. The Balaban J connectivity index is 0.00000220. The summed E-state index contributed by atoms with van der Waals surface area (Å²) in [5, 5.41) is 0.842. The van der Waals surface area contributed by atoms with Gasteiger partial charge in [0.1, 0.15) is 0 Å². The van der Waals surface area contributed by atoms with Gasteiger partial charge in [0.05, 0.1) is 0 Å². The number of nitrogens with zero attached hydrogens (tertiary/aromatic N) is 2. The van der Waals surface area contributed by atoms with Gasteiger partial charge in [-0.2, -0.15) is 0 Å². The second-order valence-electron chi connectivity index (χ2n) is 5.63. The summed E-state index contributed by atoms with van der Waals surface area (Å²) in [7, 11) is 0. The molecule has 2 N–H and O–H groups in total. The first kappa shape index (κ1) is 18.6. The fourth-order valence-electron chi connectivity index (χ4n) is 2.66. The minimum atomic E-state index is 0. The zero-order valence-corrected chi connectivity index (χ0v) is 15.7. The van der Waals surface area contributed by atoms with Gasteiger partial charge >= 0.3 is 0 Å². The molecule has 0 saturated carbocycles. The highest BCUT2D eigenvalue weighted by Crippen LogP contribution is 2.17. The first-order valence-corrected chi connectivity index (χ1v) is 7.83. The average Bonchev–Trinajstić information content (AvgIpc) is 2.45. The largest absolute Gasteiger partial charge is 0.370 e. The van der Waals surface area contributed by atoms with E-state index in [2.05, 4.69) is 22.9 Å². The van der Waals surface area contributed by atoms with Crippen molar-refractivity contribution >= 4 is 41.5 Å². The molecule has 1 aromatic rings. The van der Waals surface area contributed by atoms with Gasteiger partial charge in [0.25, 0.3) is 0 Å². The lowest BCUT2D eigenvalue weighted by Crippen LogP contribution is -2.43. The molecular formula is C16H25ClIN3. The lowest BCUT2D eigenvalue weighted by Gasteiger charge is -2.31. The summed E-state index contributed by atoms with van der Waals surface area (Å²) in [4.78, 5) is 6.72. The summed E-state index contributed by atoms with van der Waals surface area (Å²) in [5.74, 6) is 1.43. The number of rotatable bonds is 4. The number of nitrogens with two attached hydrogens (primary N) is 1. The Morgan fingerprint density at radius 1 is 1.43 bits per heavy atom. The van der Waals surface area contributed by atoms with Crippen LogP contribution < -0.4 is 5.73 Å². The molecule has 21 heavy (non-hydrogen) atoms. The van der Waals surface area contributed by atoms with Crippen molar-refractivity contribution < 1.29 is 0 Å². The van der Waals surface area contributed by atoms with Gasteiger partial charge < -0.3 is 10.6 Å². The van der Waals surface area contributed by atoms with Crippen molar-refractivity contribution in [3.8, 4) is 0 Å². The summed E-state index contributed by atoms with van der Waals surface area (Å²) in [6.45, 7) is 5.13. The molecule has 0 aliphatic carbocycles. The smallest absolute Gasteiger partial charge is 0.191 e. The Kier molecular flexibility index (Phi) is 8.41. The third-order valence-corrected chi connectivity index (χ3v) is 4.19. The van der Waals surface area contributed by atoms with Crippen molar-refractivity contribution in [3.63, 3.8) is 0 Å². The topological polar surface area (TPSA) is 41.6 Å². The first-order chi connectivity index (χ1) is 9.66. The van der Waals surface area contributed by atoms with Crippen LogP contribution in [0, 0.1) is 5.92 Å². The zero-order chi connectivity index (χ0) is 14.4. The number of benzene rings is 1. The lowest BCUT2D eigenvalue weighted by molar-refractivity contribution is 0.270.